The molecule has 0 aliphatic heterocycles. The van der Waals surface area contributed by atoms with Crippen LogP contribution in [0.15, 0.2) is 267 Å². The molecule has 0 radical (unpaired) electrons. The minimum Gasteiger partial charge on any atom is -0.309 e. The quantitative estimate of drug-likeness (QED) is 0.141. The lowest BCUT2D eigenvalue weighted by Crippen LogP contribution is -2.12. The zero-order chi connectivity index (χ0) is 43.8. The molecular weight excluding hydrogens is 797 g/mol. The van der Waals surface area contributed by atoms with Crippen molar-refractivity contribution in [3.05, 3.63) is 267 Å². The third-order valence-corrected chi connectivity index (χ3v) is 13.0. The van der Waals surface area contributed by atoms with E-state index < -0.39 is 0 Å². The van der Waals surface area contributed by atoms with Gasteiger partial charge in [-0.05, 0) is 104 Å². The second-order valence-electron chi connectivity index (χ2n) is 16.8. The van der Waals surface area contributed by atoms with E-state index >= 15 is 0 Å². The van der Waals surface area contributed by atoms with E-state index in [-0.39, 0.29) is 0 Å². The molecule has 12 rings (SSSR count). The number of nitrogens with zero attached hydrogens (tertiary/aromatic N) is 2. The van der Waals surface area contributed by atoms with Gasteiger partial charge in [0.05, 0.1) is 22.4 Å². The molecule has 2 nitrogen and oxygen atoms in total. The highest BCUT2D eigenvalue weighted by Gasteiger charge is 2.23. The summed E-state index contributed by atoms with van der Waals surface area (Å²) in [6.45, 7) is 0. The molecule has 0 fully saturated rings. The Balaban J connectivity index is 1.01. The Morgan fingerprint density at radius 3 is 1.45 bits per heavy atom. The summed E-state index contributed by atoms with van der Waals surface area (Å²) in [6, 6.07) is 96.8. The van der Waals surface area contributed by atoms with Crippen LogP contribution in [0.1, 0.15) is 0 Å². The summed E-state index contributed by atoms with van der Waals surface area (Å²) >= 11 is 0. The number of benzene rings is 11. The van der Waals surface area contributed by atoms with E-state index in [0.29, 0.717) is 0 Å². The Morgan fingerprint density at radius 1 is 0.258 bits per heavy atom. The van der Waals surface area contributed by atoms with E-state index in [0.717, 1.165) is 33.9 Å². The van der Waals surface area contributed by atoms with Gasteiger partial charge in [0, 0.05) is 33.3 Å². The molecule has 0 amide bonds. The molecule has 0 bridgehead atoms. The summed E-state index contributed by atoms with van der Waals surface area (Å²) in [7, 11) is 0. The van der Waals surface area contributed by atoms with Crippen molar-refractivity contribution in [1.82, 2.24) is 4.57 Å². The fourth-order valence-corrected chi connectivity index (χ4v) is 10.0. The SMILES string of the molecule is c1ccc(-c2ccccc2N(c2ccc(-c3ccc(-c4cccc5ccccc45)cc3)cc2)c2ccccc2-c2ccccc2-c2cccc3c2c2ccccc2n3-c2ccccc2)cc1. The standard InChI is InChI=1S/C64H44N2/c1-3-19-48(20-4-1)54-26-11-14-33-60(54)65(51-43-41-46(42-44-51)45-37-39-49(40-38-45)53-31-17-22-47-21-7-8-25-52(47)53)61-34-15-12-29-57(61)55-27-9-10-28-56(55)58-32-18-36-63-64(58)59-30-13-16-35-62(59)66(63)50-23-5-2-6-24-50/h1-44H. The number of para-hydroxylation sites is 4. The first-order valence-electron chi connectivity index (χ1n) is 22.7. The van der Waals surface area contributed by atoms with E-state index in [9.17, 15) is 0 Å². The largest absolute Gasteiger partial charge is 0.309 e. The Morgan fingerprint density at radius 2 is 0.712 bits per heavy atom. The zero-order valence-corrected chi connectivity index (χ0v) is 36.3. The molecule has 0 spiro atoms. The normalized spacial score (nSPS) is 11.3. The lowest BCUT2D eigenvalue weighted by atomic mass is 9.90. The Hall–Kier alpha value is -8.72. The first-order valence-corrected chi connectivity index (χ1v) is 22.7. The summed E-state index contributed by atoms with van der Waals surface area (Å²) < 4.78 is 2.40. The van der Waals surface area contributed by atoms with Crippen LogP contribution in [0.5, 0.6) is 0 Å². The molecule has 1 aromatic heterocycles. The van der Waals surface area contributed by atoms with E-state index in [1.54, 1.807) is 0 Å². The second-order valence-corrected chi connectivity index (χ2v) is 16.8. The summed E-state index contributed by atoms with van der Waals surface area (Å²) in [4.78, 5) is 2.45. The minimum absolute atomic E-state index is 1.08. The van der Waals surface area contributed by atoms with Gasteiger partial charge < -0.3 is 9.47 Å². The summed E-state index contributed by atoms with van der Waals surface area (Å²) in [5.74, 6) is 0. The summed E-state index contributed by atoms with van der Waals surface area (Å²) in [5, 5.41) is 5.00. The molecule has 0 saturated carbocycles. The number of fused-ring (bicyclic) bond motifs is 4. The molecule has 1 heterocycles. The smallest absolute Gasteiger partial charge is 0.0547 e. The van der Waals surface area contributed by atoms with Crippen LogP contribution in [-0.2, 0) is 0 Å². The average Bonchev–Trinajstić information content (AvgIpc) is 3.74. The van der Waals surface area contributed by atoms with Crippen molar-refractivity contribution in [3.8, 4) is 61.3 Å². The summed E-state index contributed by atoms with van der Waals surface area (Å²) in [6.07, 6.45) is 0. The fourth-order valence-electron chi connectivity index (χ4n) is 10.0. The van der Waals surface area contributed by atoms with Crippen molar-refractivity contribution in [2.24, 2.45) is 0 Å². The van der Waals surface area contributed by atoms with Gasteiger partial charge in [0.1, 0.15) is 0 Å². The van der Waals surface area contributed by atoms with Crippen molar-refractivity contribution >= 4 is 49.6 Å². The van der Waals surface area contributed by atoms with Gasteiger partial charge in [-0.2, -0.15) is 0 Å². The topological polar surface area (TPSA) is 8.17 Å². The van der Waals surface area contributed by atoms with Crippen LogP contribution in [0, 0.1) is 0 Å². The number of rotatable bonds is 9. The van der Waals surface area contributed by atoms with Gasteiger partial charge in [0.15, 0.2) is 0 Å². The molecule has 0 unspecified atom stereocenters. The van der Waals surface area contributed by atoms with Gasteiger partial charge >= 0.3 is 0 Å². The maximum atomic E-state index is 2.45. The molecule has 0 aliphatic rings. The molecular formula is C64H44N2. The molecule has 0 N–H and O–H groups in total. The monoisotopic (exact) mass is 840 g/mol. The predicted molar refractivity (Wildman–Crippen MR) is 280 cm³/mol. The van der Waals surface area contributed by atoms with Crippen LogP contribution in [0.3, 0.4) is 0 Å². The number of hydrogen-bond donors (Lipinski definition) is 0. The minimum atomic E-state index is 1.08. The van der Waals surface area contributed by atoms with Crippen molar-refractivity contribution in [1.29, 1.82) is 0 Å². The number of aromatic nitrogens is 1. The first-order chi connectivity index (χ1) is 32.8. The highest BCUT2D eigenvalue weighted by atomic mass is 15.1. The Kier molecular flexibility index (Phi) is 9.89. The lowest BCUT2D eigenvalue weighted by Gasteiger charge is -2.30. The molecule has 2 heteroatoms. The van der Waals surface area contributed by atoms with E-state index in [2.05, 4.69) is 276 Å². The third-order valence-electron chi connectivity index (χ3n) is 13.0. The van der Waals surface area contributed by atoms with Crippen LogP contribution in [-0.4, -0.2) is 4.57 Å². The second kappa shape index (κ2) is 16.8. The molecule has 0 saturated heterocycles. The maximum Gasteiger partial charge on any atom is 0.0547 e. The Bertz CT molecular complexity index is 3670. The molecule has 310 valence electrons. The van der Waals surface area contributed by atoms with E-state index in [1.165, 1.54) is 77.1 Å². The van der Waals surface area contributed by atoms with Crippen molar-refractivity contribution in [2.75, 3.05) is 4.90 Å². The van der Waals surface area contributed by atoms with Gasteiger partial charge in [-0.25, -0.2) is 0 Å². The zero-order valence-electron chi connectivity index (χ0n) is 36.3. The highest BCUT2D eigenvalue weighted by molar-refractivity contribution is 6.17. The Labute approximate surface area is 385 Å². The third kappa shape index (κ3) is 6.84. The first kappa shape index (κ1) is 38.9. The lowest BCUT2D eigenvalue weighted by molar-refractivity contribution is 1.18. The molecule has 11 aromatic carbocycles. The summed E-state index contributed by atoms with van der Waals surface area (Å²) in [5.41, 5.74) is 18.6. The van der Waals surface area contributed by atoms with Crippen molar-refractivity contribution < 1.29 is 0 Å². The molecule has 0 atom stereocenters. The van der Waals surface area contributed by atoms with Gasteiger partial charge in [0.25, 0.3) is 0 Å². The van der Waals surface area contributed by atoms with E-state index in [1.807, 2.05) is 0 Å². The van der Waals surface area contributed by atoms with Crippen LogP contribution in [0.25, 0.3) is 93.9 Å². The van der Waals surface area contributed by atoms with Gasteiger partial charge in [-0.1, -0.05) is 218 Å². The number of hydrogen-bond acceptors (Lipinski definition) is 1. The van der Waals surface area contributed by atoms with Crippen molar-refractivity contribution in [3.63, 3.8) is 0 Å². The maximum absolute atomic E-state index is 2.45. The highest BCUT2D eigenvalue weighted by Crippen LogP contribution is 2.48. The number of anilines is 3. The van der Waals surface area contributed by atoms with Gasteiger partial charge in [-0.15, -0.1) is 0 Å². The van der Waals surface area contributed by atoms with Gasteiger partial charge in [-0.3, -0.25) is 0 Å². The van der Waals surface area contributed by atoms with E-state index in [4.69, 9.17) is 0 Å². The van der Waals surface area contributed by atoms with Crippen LogP contribution in [0.2, 0.25) is 0 Å². The molecule has 0 aliphatic carbocycles. The molecule has 12 aromatic rings. The van der Waals surface area contributed by atoms with Crippen LogP contribution in [0.4, 0.5) is 17.1 Å². The van der Waals surface area contributed by atoms with Crippen molar-refractivity contribution in [2.45, 2.75) is 0 Å². The van der Waals surface area contributed by atoms with Crippen LogP contribution < -0.4 is 4.90 Å². The molecule has 66 heavy (non-hydrogen) atoms. The fraction of sp³-hybridized carbons (Fsp3) is 0. The van der Waals surface area contributed by atoms with Gasteiger partial charge in [0.2, 0.25) is 0 Å². The predicted octanol–water partition coefficient (Wildman–Crippen LogP) is 17.7. The van der Waals surface area contributed by atoms with Crippen LogP contribution >= 0.6 is 0 Å². The average molecular weight is 841 g/mol.